The van der Waals surface area contributed by atoms with E-state index in [1.165, 1.54) is 12.0 Å². The third kappa shape index (κ3) is 4.67. The molecule has 0 saturated carbocycles. The molecule has 0 aliphatic carbocycles. The van der Waals surface area contributed by atoms with Crippen molar-refractivity contribution in [2.24, 2.45) is 5.92 Å². The molecule has 1 aromatic rings. The van der Waals surface area contributed by atoms with E-state index in [2.05, 4.69) is 37.4 Å². The van der Waals surface area contributed by atoms with Gasteiger partial charge in [0.1, 0.15) is 5.75 Å². The van der Waals surface area contributed by atoms with Gasteiger partial charge in [0.2, 0.25) is 0 Å². The Morgan fingerprint density at radius 1 is 1.38 bits per heavy atom. The normalized spacial score (nSPS) is 12.4. The van der Waals surface area contributed by atoms with Gasteiger partial charge < -0.3 is 10.1 Å². The molecule has 0 fully saturated rings. The predicted molar refractivity (Wildman–Crippen MR) is 69.0 cm³/mol. The standard InChI is InChI=1S/C14H23NO/c1-4-15-9-8-12(2)10-13-6-5-7-14(11-13)16-3/h5-7,11-12,15H,4,8-10H2,1-3H3. The Balaban J connectivity index is 2.39. The molecule has 16 heavy (non-hydrogen) atoms. The van der Waals surface area contributed by atoms with Crippen molar-refractivity contribution in [3.8, 4) is 5.75 Å². The summed E-state index contributed by atoms with van der Waals surface area (Å²) in [6.45, 7) is 6.62. The number of ether oxygens (including phenoxy) is 1. The lowest BCUT2D eigenvalue weighted by atomic mass is 9.98. The average Bonchev–Trinajstić information content (AvgIpc) is 2.29. The smallest absolute Gasteiger partial charge is 0.119 e. The molecule has 0 aromatic heterocycles. The highest BCUT2D eigenvalue weighted by atomic mass is 16.5. The molecule has 0 heterocycles. The van der Waals surface area contributed by atoms with Gasteiger partial charge in [0.15, 0.2) is 0 Å². The first-order valence-corrected chi connectivity index (χ1v) is 6.10. The Kier molecular flexibility index (Phi) is 5.94. The van der Waals surface area contributed by atoms with Crippen LogP contribution in [-0.2, 0) is 6.42 Å². The maximum atomic E-state index is 5.22. The first kappa shape index (κ1) is 13.0. The van der Waals surface area contributed by atoms with Gasteiger partial charge in [-0.3, -0.25) is 0 Å². The number of rotatable bonds is 7. The number of methoxy groups -OCH3 is 1. The van der Waals surface area contributed by atoms with E-state index in [0.29, 0.717) is 5.92 Å². The van der Waals surface area contributed by atoms with E-state index < -0.39 is 0 Å². The fourth-order valence-corrected chi connectivity index (χ4v) is 1.83. The molecule has 2 nitrogen and oxygen atoms in total. The molecule has 1 rings (SSSR count). The second-order valence-electron chi connectivity index (χ2n) is 4.30. The molecular weight excluding hydrogens is 198 g/mol. The van der Waals surface area contributed by atoms with Crippen LogP contribution in [0.2, 0.25) is 0 Å². The van der Waals surface area contributed by atoms with E-state index in [9.17, 15) is 0 Å². The van der Waals surface area contributed by atoms with Crippen molar-refractivity contribution >= 4 is 0 Å². The van der Waals surface area contributed by atoms with Crippen LogP contribution in [0.1, 0.15) is 25.8 Å². The van der Waals surface area contributed by atoms with Gasteiger partial charge in [-0.05, 0) is 49.5 Å². The van der Waals surface area contributed by atoms with Crippen LogP contribution in [0.3, 0.4) is 0 Å². The van der Waals surface area contributed by atoms with Crippen molar-refractivity contribution in [3.05, 3.63) is 29.8 Å². The van der Waals surface area contributed by atoms with E-state index in [0.717, 1.165) is 25.3 Å². The van der Waals surface area contributed by atoms with Gasteiger partial charge in [-0.2, -0.15) is 0 Å². The van der Waals surface area contributed by atoms with Crippen molar-refractivity contribution in [2.45, 2.75) is 26.7 Å². The monoisotopic (exact) mass is 221 g/mol. The Morgan fingerprint density at radius 2 is 2.19 bits per heavy atom. The fraction of sp³-hybridized carbons (Fsp3) is 0.571. The number of hydrogen-bond donors (Lipinski definition) is 1. The number of hydrogen-bond acceptors (Lipinski definition) is 2. The molecule has 0 radical (unpaired) electrons. The van der Waals surface area contributed by atoms with E-state index in [1.54, 1.807) is 7.11 Å². The predicted octanol–water partition coefficient (Wildman–Crippen LogP) is 2.87. The van der Waals surface area contributed by atoms with E-state index in [1.807, 2.05) is 6.07 Å². The van der Waals surface area contributed by atoms with E-state index >= 15 is 0 Å². The summed E-state index contributed by atoms with van der Waals surface area (Å²) in [6, 6.07) is 8.36. The van der Waals surface area contributed by atoms with Crippen molar-refractivity contribution in [3.63, 3.8) is 0 Å². The Hall–Kier alpha value is -1.02. The first-order chi connectivity index (χ1) is 7.76. The maximum absolute atomic E-state index is 5.22. The summed E-state index contributed by atoms with van der Waals surface area (Å²) in [6.07, 6.45) is 2.35. The molecule has 0 spiro atoms. The zero-order valence-corrected chi connectivity index (χ0v) is 10.6. The molecule has 0 bridgehead atoms. The van der Waals surface area contributed by atoms with Crippen LogP contribution < -0.4 is 10.1 Å². The molecule has 1 N–H and O–H groups in total. The van der Waals surface area contributed by atoms with Crippen LogP contribution in [-0.4, -0.2) is 20.2 Å². The van der Waals surface area contributed by atoms with Gasteiger partial charge in [0, 0.05) is 0 Å². The minimum atomic E-state index is 0.714. The summed E-state index contributed by atoms with van der Waals surface area (Å²) >= 11 is 0. The number of benzene rings is 1. The van der Waals surface area contributed by atoms with Gasteiger partial charge in [0.25, 0.3) is 0 Å². The second-order valence-corrected chi connectivity index (χ2v) is 4.30. The minimum Gasteiger partial charge on any atom is -0.497 e. The van der Waals surface area contributed by atoms with Crippen LogP contribution >= 0.6 is 0 Å². The molecule has 0 amide bonds. The topological polar surface area (TPSA) is 21.3 Å². The van der Waals surface area contributed by atoms with Gasteiger partial charge >= 0.3 is 0 Å². The molecular formula is C14H23NO. The zero-order chi connectivity index (χ0) is 11.8. The van der Waals surface area contributed by atoms with Crippen LogP contribution in [0, 0.1) is 5.92 Å². The summed E-state index contributed by atoms with van der Waals surface area (Å²) in [7, 11) is 1.72. The Morgan fingerprint density at radius 3 is 2.88 bits per heavy atom. The van der Waals surface area contributed by atoms with Crippen molar-refractivity contribution in [1.29, 1.82) is 0 Å². The lowest BCUT2D eigenvalue weighted by Gasteiger charge is -2.12. The lowest BCUT2D eigenvalue weighted by molar-refractivity contribution is 0.413. The lowest BCUT2D eigenvalue weighted by Crippen LogP contribution is -2.17. The Bertz CT molecular complexity index is 299. The van der Waals surface area contributed by atoms with Crippen LogP contribution in [0.15, 0.2) is 24.3 Å². The van der Waals surface area contributed by atoms with Crippen LogP contribution in [0.25, 0.3) is 0 Å². The largest absolute Gasteiger partial charge is 0.497 e. The fourth-order valence-electron chi connectivity index (χ4n) is 1.83. The highest BCUT2D eigenvalue weighted by molar-refractivity contribution is 5.28. The summed E-state index contributed by atoms with van der Waals surface area (Å²) in [4.78, 5) is 0. The molecule has 1 aromatic carbocycles. The van der Waals surface area contributed by atoms with Gasteiger partial charge in [0.05, 0.1) is 7.11 Å². The van der Waals surface area contributed by atoms with Crippen LogP contribution in [0.5, 0.6) is 5.75 Å². The maximum Gasteiger partial charge on any atom is 0.119 e. The quantitative estimate of drug-likeness (QED) is 0.715. The third-order valence-electron chi connectivity index (χ3n) is 2.78. The van der Waals surface area contributed by atoms with Crippen molar-refractivity contribution < 1.29 is 4.74 Å². The molecule has 0 saturated heterocycles. The zero-order valence-electron chi connectivity index (χ0n) is 10.6. The van der Waals surface area contributed by atoms with Crippen LogP contribution in [0.4, 0.5) is 0 Å². The van der Waals surface area contributed by atoms with Crippen molar-refractivity contribution in [2.75, 3.05) is 20.2 Å². The van der Waals surface area contributed by atoms with E-state index in [4.69, 9.17) is 4.74 Å². The molecule has 2 heteroatoms. The molecule has 1 atom stereocenters. The summed E-state index contributed by atoms with van der Waals surface area (Å²) in [5.74, 6) is 1.67. The third-order valence-corrected chi connectivity index (χ3v) is 2.78. The molecule has 1 unspecified atom stereocenters. The molecule has 0 aliphatic heterocycles. The van der Waals surface area contributed by atoms with Gasteiger partial charge in [-0.1, -0.05) is 26.0 Å². The minimum absolute atomic E-state index is 0.714. The molecule has 90 valence electrons. The summed E-state index contributed by atoms with van der Waals surface area (Å²) in [5.41, 5.74) is 1.36. The second kappa shape index (κ2) is 7.29. The van der Waals surface area contributed by atoms with Gasteiger partial charge in [-0.15, -0.1) is 0 Å². The Labute approximate surface area is 99.0 Å². The van der Waals surface area contributed by atoms with E-state index in [-0.39, 0.29) is 0 Å². The summed E-state index contributed by atoms with van der Waals surface area (Å²) < 4.78 is 5.22. The highest BCUT2D eigenvalue weighted by Crippen LogP contribution is 2.17. The number of nitrogens with one attached hydrogen (secondary N) is 1. The summed E-state index contributed by atoms with van der Waals surface area (Å²) in [5, 5.41) is 3.36. The highest BCUT2D eigenvalue weighted by Gasteiger charge is 2.04. The molecule has 0 aliphatic rings. The SMILES string of the molecule is CCNCCC(C)Cc1cccc(OC)c1. The first-order valence-electron chi connectivity index (χ1n) is 6.10. The van der Waals surface area contributed by atoms with Gasteiger partial charge in [-0.25, -0.2) is 0 Å². The average molecular weight is 221 g/mol. The van der Waals surface area contributed by atoms with Crippen molar-refractivity contribution in [1.82, 2.24) is 5.32 Å².